The minimum absolute atomic E-state index is 0.00928. The molecule has 0 N–H and O–H groups in total. The van der Waals surface area contributed by atoms with Gasteiger partial charge in [0.1, 0.15) is 6.79 Å². The highest BCUT2D eigenvalue weighted by Gasteiger charge is 2.62. The maximum absolute atomic E-state index is 6.42. The van der Waals surface area contributed by atoms with E-state index < -0.39 is 0 Å². The Bertz CT molecular complexity index is 453. The third-order valence-electron chi connectivity index (χ3n) is 6.72. The van der Waals surface area contributed by atoms with Crippen LogP contribution in [0.4, 0.5) is 0 Å². The molecule has 4 atom stereocenters. The van der Waals surface area contributed by atoms with Crippen molar-refractivity contribution in [1.82, 2.24) is 0 Å². The summed E-state index contributed by atoms with van der Waals surface area (Å²) in [5.41, 5.74) is 1.98. The van der Waals surface area contributed by atoms with Crippen LogP contribution in [0.1, 0.15) is 59.3 Å². The van der Waals surface area contributed by atoms with Gasteiger partial charge in [-0.25, -0.2) is 0 Å². The second-order valence-corrected chi connectivity index (χ2v) is 8.35. The molecule has 0 aromatic heterocycles. The summed E-state index contributed by atoms with van der Waals surface area (Å²) in [5.74, 6) is 0.624. The molecule has 3 aliphatic rings. The van der Waals surface area contributed by atoms with Gasteiger partial charge in [0.25, 0.3) is 0 Å². The Kier molecular flexibility index (Phi) is 5.70. The van der Waals surface area contributed by atoms with Crippen LogP contribution in [0.3, 0.4) is 0 Å². The summed E-state index contributed by atoms with van der Waals surface area (Å²) in [6.07, 6.45) is 9.58. The van der Waals surface area contributed by atoms with E-state index in [1.54, 1.807) is 12.7 Å². The molecule has 0 aromatic carbocycles. The fraction of sp³-hybridized carbons (Fsp3) is 0.900. The third kappa shape index (κ3) is 3.31. The fourth-order valence-corrected chi connectivity index (χ4v) is 4.89. The largest absolute Gasteiger partial charge is 0.359 e. The Hall–Kier alpha value is -0.420. The highest BCUT2D eigenvalue weighted by Crippen LogP contribution is 2.66. The number of fused-ring (bicyclic) bond motifs is 2. The minimum atomic E-state index is 0.00928. The molecule has 24 heavy (non-hydrogen) atoms. The number of ether oxygens (including phenoxy) is 4. The number of methoxy groups -OCH3 is 1. The first-order valence-corrected chi connectivity index (χ1v) is 9.54. The van der Waals surface area contributed by atoms with Gasteiger partial charge in [-0.3, -0.25) is 0 Å². The van der Waals surface area contributed by atoms with E-state index in [1.165, 1.54) is 12.8 Å². The summed E-state index contributed by atoms with van der Waals surface area (Å²) in [6.45, 7) is 9.22. The molecule has 4 unspecified atom stereocenters. The van der Waals surface area contributed by atoms with Crippen molar-refractivity contribution in [2.75, 3.05) is 27.1 Å². The molecule has 1 heterocycles. The van der Waals surface area contributed by atoms with Gasteiger partial charge in [-0.2, -0.15) is 0 Å². The van der Waals surface area contributed by atoms with E-state index in [4.69, 9.17) is 18.9 Å². The zero-order valence-corrected chi connectivity index (χ0v) is 15.8. The molecule has 2 aliphatic carbocycles. The van der Waals surface area contributed by atoms with Crippen molar-refractivity contribution in [3.05, 3.63) is 11.6 Å². The first-order valence-electron chi connectivity index (χ1n) is 9.54. The lowest BCUT2D eigenvalue weighted by Gasteiger charge is -2.39. The van der Waals surface area contributed by atoms with E-state index in [2.05, 4.69) is 26.8 Å². The van der Waals surface area contributed by atoms with Gasteiger partial charge in [0, 0.05) is 25.7 Å². The lowest BCUT2D eigenvalue weighted by atomic mass is 9.69. The summed E-state index contributed by atoms with van der Waals surface area (Å²) in [5, 5.41) is 0. The highest BCUT2D eigenvalue weighted by molar-refractivity contribution is 5.33. The summed E-state index contributed by atoms with van der Waals surface area (Å²) in [4.78, 5) is 0. The zero-order valence-electron chi connectivity index (χ0n) is 15.8. The number of allylic oxidation sites excluding steroid dienone is 1. The molecule has 138 valence electrons. The predicted octanol–water partition coefficient (Wildman–Crippen LogP) is 4.29. The van der Waals surface area contributed by atoms with Gasteiger partial charge in [0.2, 0.25) is 0 Å². The fourth-order valence-electron chi connectivity index (χ4n) is 4.89. The Morgan fingerprint density at radius 1 is 1.25 bits per heavy atom. The molecule has 0 aromatic rings. The molecule has 1 saturated heterocycles. The molecule has 4 nitrogen and oxygen atoms in total. The van der Waals surface area contributed by atoms with Crippen molar-refractivity contribution in [2.24, 2.45) is 16.7 Å². The average molecular weight is 338 g/mol. The van der Waals surface area contributed by atoms with Crippen LogP contribution in [0.25, 0.3) is 0 Å². The standard InChI is InChI=1S/C20H34O4/c1-19(2)16-12-17(24-18-9-5-6-11-23-18)20(19,3)13-15(16)8-7-10-22-14-21-4/h13,16-18H,5-12,14H2,1-4H3. The van der Waals surface area contributed by atoms with E-state index in [-0.39, 0.29) is 23.2 Å². The maximum Gasteiger partial charge on any atom is 0.157 e. The average Bonchev–Trinajstić information content (AvgIpc) is 2.87. The number of hydrogen-bond donors (Lipinski definition) is 0. The van der Waals surface area contributed by atoms with Crippen LogP contribution < -0.4 is 0 Å². The lowest BCUT2D eigenvalue weighted by molar-refractivity contribution is -0.205. The molecule has 0 spiro atoms. The van der Waals surface area contributed by atoms with Crippen molar-refractivity contribution in [3.8, 4) is 0 Å². The van der Waals surface area contributed by atoms with Crippen LogP contribution in [0.15, 0.2) is 11.6 Å². The van der Waals surface area contributed by atoms with Crippen LogP contribution in [-0.2, 0) is 18.9 Å². The van der Waals surface area contributed by atoms with Gasteiger partial charge in [-0.1, -0.05) is 32.4 Å². The molecular formula is C20H34O4. The number of hydrogen-bond acceptors (Lipinski definition) is 4. The van der Waals surface area contributed by atoms with Crippen molar-refractivity contribution in [1.29, 1.82) is 0 Å². The van der Waals surface area contributed by atoms with Crippen molar-refractivity contribution in [3.63, 3.8) is 0 Å². The predicted molar refractivity (Wildman–Crippen MR) is 93.6 cm³/mol. The van der Waals surface area contributed by atoms with E-state index >= 15 is 0 Å². The van der Waals surface area contributed by atoms with E-state index in [0.717, 1.165) is 38.9 Å². The Labute approximate surface area is 146 Å². The zero-order chi connectivity index (χ0) is 17.2. The van der Waals surface area contributed by atoms with Gasteiger partial charge >= 0.3 is 0 Å². The SMILES string of the molecule is COCOCCCC1=CC2(C)C(OC3CCCCO3)CC1C2(C)C. The van der Waals surface area contributed by atoms with Gasteiger partial charge in [-0.05, 0) is 49.9 Å². The summed E-state index contributed by atoms with van der Waals surface area (Å²) >= 11 is 0. The van der Waals surface area contributed by atoms with Crippen LogP contribution >= 0.6 is 0 Å². The van der Waals surface area contributed by atoms with Crippen LogP contribution in [0.5, 0.6) is 0 Å². The summed E-state index contributed by atoms with van der Waals surface area (Å²) in [7, 11) is 1.66. The first kappa shape index (κ1) is 18.4. The van der Waals surface area contributed by atoms with Gasteiger partial charge in [0.15, 0.2) is 6.29 Å². The second kappa shape index (κ2) is 7.45. The molecule has 0 amide bonds. The highest BCUT2D eigenvalue weighted by atomic mass is 16.7. The van der Waals surface area contributed by atoms with E-state index in [1.807, 2.05) is 0 Å². The van der Waals surface area contributed by atoms with Crippen molar-refractivity contribution >= 4 is 0 Å². The van der Waals surface area contributed by atoms with Gasteiger partial charge in [-0.15, -0.1) is 0 Å². The monoisotopic (exact) mass is 338 g/mol. The lowest BCUT2D eigenvalue weighted by Crippen LogP contribution is -2.39. The van der Waals surface area contributed by atoms with Crippen LogP contribution in [0.2, 0.25) is 0 Å². The Morgan fingerprint density at radius 2 is 2.08 bits per heavy atom. The van der Waals surface area contributed by atoms with E-state index in [0.29, 0.717) is 12.7 Å². The molecule has 1 aliphatic heterocycles. The smallest absolute Gasteiger partial charge is 0.157 e. The quantitative estimate of drug-likeness (QED) is 0.376. The van der Waals surface area contributed by atoms with Gasteiger partial charge in [0.05, 0.1) is 6.10 Å². The van der Waals surface area contributed by atoms with E-state index in [9.17, 15) is 0 Å². The van der Waals surface area contributed by atoms with Crippen molar-refractivity contribution < 1.29 is 18.9 Å². The molecule has 1 saturated carbocycles. The molecule has 2 bridgehead atoms. The van der Waals surface area contributed by atoms with Crippen LogP contribution in [0, 0.1) is 16.7 Å². The normalized spacial score (nSPS) is 37.7. The minimum Gasteiger partial charge on any atom is -0.359 e. The van der Waals surface area contributed by atoms with Crippen LogP contribution in [-0.4, -0.2) is 39.5 Å². The first-order chi connectivity index (χ1) is 11.5. The molecule has 2 fully saturated rings. The second-order valence-electron chi connectivity index (χ2n) is 8.35. The molecule has 4 heteroatoms. The molecule has 3 rings (SSSR count). The molecule has 0 radical (unpaired) electrons. The Morgan fingerprint density at radius 3 is 2.71 bits per heavy atom. The number of rotatable bonds is 8. The maximum atomic E-state index is 6.42. The van der Waals surface area contributed by atoms with Gasteiger partial charge < -0.3 is 18.9 Å². The summed E-state index contributed by atoms with van der Waals surface area (Å²) in [6, 6.07) is 0. The molecular weight excluding hydrogens is 304 g/mol. The van der Waals surface area contributed by atoms with Crippen molar-refractivity contribution in [2.45, 2.75) is 71.7 Å². The Balaban J connectivity index is 1.59. The third-order valence-corrected chi connectivity index (χ3v) is 6.72. The summed E-state index contributed by atoms with van der Waals surface area (Å²) < 4.78 is 22.6. The topological polar surface area (TPSA) is 36.9 Å².